The lowest BCUT2D eigenvalue weighted by molar-refractivity contribution is -0.118. The van der Waals surface area contributed by atoms with E-state index in [1.54, 1.807) is 12.3 Å². The minimum absolute atomic E-state index is 0.0312. The van der Waals surface area contributed by atoms with Crippen molar-refractivity contribution in [2.75, 3.05) is 25.0 Å². The third-order valence-corrected chi connectivity index (χ3v) is 3.22. The van der Waals surface area contributed by atoms with Crippen LogP contribution in [0.25, 0.3) is 0 Å². The van der Waals surface area contributed by atoms with Crippen molar-refractivity contribution in [2.24, 2.45) is 0 Å². The Balaban J connectivity index is 2.10. The molecule has 0 aromatic carbocycles. The first-order valence-electron chi connectivity index (χ1n) is 7.08. The Morgan fingerprint density at radius 3 is 2.85 bits per heavy atom. The Kier molecular flexibility index (Phi) is 4.28. The Morgan fingerprint density at radius 1 is 1.55 bits per heavy atom. The molecule has 2 rings (SSSR count). The number of morpholine rings is 1. The van der Waals surface area contributed by atoms with Crippen LogP contribution in [0, 0.1) is 0 Å². The van der Waals surface area contributed by atoms with Crippen molar-refractivity contribution < 1.29 is 9.53 Å². The Hall–Kier alpha value is -1.62. The molecule has 1 fully saturated rings. The molecule has 1 aromatic heterocycles. The van der Waals surface area contributed by atoms with Crippen molar-refractivity contribution >= 4 is 11.6 Å². The number of aromatic nitrogens is 1. The van der Waals surface area contributed by atoms with Gasteiger partial charge in [-0.2, -0.15) is 0 Å². The fourth-order valence-electron chi connectivity index (χ4n) is 2.60. The molecule has 110 valence electrons. The van der Waals surface area contributed by atoms with Gasteiger partial charge in [-0.1, -0.05) is 0 Å². The van der Waals surface area contributed by atoms with E-state index in [1.165, 1.54) is 0 Å². The van der Waals surface area contributed by atoms with E-state index in [-0.39, 0.29) is 17.6 Å². The molecule has 1 atom stereocenters. The summed E-state index contributed by atoms with van der Waals surface area (Å²) < 4.78 is 5.82. The van der Waals surface area contributed by atoms with Gasteiger partial charge >= 0.3 is 0 Å². The summed E-state index contributed by atoms with van der Waals surface area (Å²) in [4.78, 5) is 18.6. The maximum absolute atomic E-state index is 12.5. The highest BCUT2D eigenvalue weighted by Gasteiger charge is 2.34. The average molecular weight is 277 g/mol. The number of hydrogen-bond donors (Lipinski definition) is 1. The maximum Gasteiger partial charge on any atom is 0.272 e. The van der Waals surface area contributed by atoms with Crippen LogP contribution in [-0.4, -0.2) is 47.1 Å². The monoisotopic (exact) mass is 277 g/mol. The molecule has 1 saturated heterocycles. The van der Waals surface area contributed by atoms with Crippen LogP contribution in [0.2, 0.25) is 0 Å². The van der Waals surface area contributed by atoms with Gasteiger partial charge < -0.3 is 15.0 Å². The van der Waals surface area contributed by atoms with E-state index in [2.05, 4.69) is 10.3 Å². The van der Waals surface area contributed by atoms with E-state index in [0.29, 0.717) is 18.8 Å². The fraction of sp³-hybridized carbons (Fsp3) is 0.600. The van der Waals surface area contributed by atoms with Gasteiger partial charge in [0, 0.05) is 19.6 Å². The predicted octanol–water partition coefficient (Wildman–Crippen LogP) is 2.15. The van der Waals surface area contributed by atoms with Crippen LogP contribution in [0.1, 0.15) is 38.2 Å². The van der Waals surface area contributed by atoms with E-state index in [4.69, 9.17) is 4.74 Å². The third kappa shape index (κ3) is 3.48. The number of amides is 1. The largest absolute Gasteiger partial charge is 0.384 e. The molecule has 0 spiro atoms. The number of ether oxygens (including phenoxy) is 1. The SMILES string of the molecule is CCNc1ccc(C(=O)N2CC(C)OC(C)(C)C2)nc1. The lowest BCUT2D eigenvalue weighted by Gasteiger charge is -2.41. The van der Waals surface area contributed by atoms with Gasteiger partial charge in [-0.15, -0.1) is 0 Å². The van der Waals surface area contributed by atoms with Crippen LogP contribution in [0.4, 0.5) is 5.69 Å². The highest BCUT2D eigenvalue weighted by molar-refractivity contribution is 5.92. The molecule has 0 radical (unpaired) electrons. The zero-order valence-electron chi connectivity index (χ0n) is 12.6. The van der Waals surface area contributed by atoms with E-state index >= 15 is 0 Å². The zero-order chi connectivity index (χ0) is 14.8. The number of nitrogens with one attached hydrogen (secondary N) is 1. The second kappa shape index (κ2) is 5.79. The molecule has 2 heterocycles. The van der Waals surface area contributed by atoms with Gasteiger partial charge in [0.05, 0.1) is 23.6 Å². The normalized spacial score (nSPS) is 21.6. The van der Waals surface area contributed by atoms with Gasteiger partial charge in [0.15, 0.2) is 0 Å². The molecule has 1 N–H and O–H groups in total. The molecule has 5 nitrogen and oxygen atoms in total. The van der Waals surface area contributed by atoms with Gasteiger partial charge in [0.1, 0.15) is 5.69 Å². The van der Waals surface area contributed by atoms with Crippen LogP contribution >= 0.6 is 0 Å². The molecule has 20 heavy (non-hydrogen) atoms. The van der Waals surface area contributed by atoms with Gasteiger partial charge in [0.25, 0.3) is 5.91 Å². The number of rotatable bonds is 3. The van der Waals surface area contributed by atoms with Crippen molar-refractivity contribution in [1.29, 1.82) is 0 Å². The number of nitrogens with zero attached hydrogens (tertiary/aromatic N) is 2. The van der Waals surface area contributed by atoms with E-state index in [1.807, 2.05) is 38.7 Å². The molecular formula is C15H23N3O2. The Bertz CT molecular complexity index is 471. The molecule has 0 bridgehead atoms. The number of anilines is 1. The summed E-state index contributed by atoms with van der Waals surface area (Å²) in [5, 5.41) is 3.17. The van der Waals surface area contributed by atoms with Crippen molar-refractivity contribution in [3.05, 3.63) is 24.0 Å². The van der Waals surface area contributed by atoms with Crippen molar-refractivity contribution in [3.63, 3.8) is 0 Å². The van der Waals surface area contributed by atoms with Crippen LogP contribution in [-0.2, 0) is 4.74 Å². The molecule has 0 saturated carbocycles. The van der Waals surface area contributed by atoms with Crippen LogP contribution in [0.5, 0.6) is 0 Å². The summed E-state index contributed by atoms with van der Waals surface area (Å²) in [6, 6.07) is 3.66. The van der Waals surface area contributed by atoms with Gasteiger partial charge in [-0.05, 0) is 39.8 Å². The molecule has 1 aliphatic heterocycles. The number of pyridine rings is 1. The molecule has 1 aliphatic rings. The minimum atomic E-state index is -0.308. The van der Waals surface area contributed by atoms with E-state index in [0.717, 1.165) is 12.2 Å². The maximum atomic E-state index is 12.5. The summed E-state index contributed by atoms with van der Waals surface area (Å²) >= 11 is 0. The number of hydrogen-bond acceptors (Lipinski definition) is 4. The molecular weight excluding hydrogens is 254 g/mol. The highest BCUT2D eigenvalue weighted by atomic mass is 16.5. The van der Waals surface area contributed by atoms with Crippen LogP contribution < -0.4 is 5.32 Å². The number of carbonyl (C=O) groups excluding carboxylic acids is 1. The Morgan fingerprint density at radius 2 is 2.30 bits per heavy atom. The zero-order valence-corrected chi connectivity index (χ0v) is 12.6. The lowest BCUT2D eigenvalue weighted by Crippen LogP contribution is -2.53. The third-order valence-electron chi connectivity index (χ3n) is 3.22. The van der Waals surface area contributed by atoms with Gasteiger partial charge in [0.2, 0.25) is 0 Å². The van der Waals surface area contributed by atoms with Gasteiger partial charge in [-0.25, -0.2) is 4.98 Å². The molecule has 1 unspecified atom stereocenters. The summed E-state index contributed by atoms with van der Waals surface area (Å²) in [7, 11) is 0. The lowest BCUT2D eigenvalue weighted by atomic mass is 10.1. The summed E-state index contributed by atoms with van der Waals surface area (Å²) in [6.45, 7) is 10.1. The summed E-state index contributed by atoms with van der Waals surface area (Å²) in [6.07, 6.45) is 1.75. The Labute approximate surface area is 120 Å². The molecule has 0 aliphatic carbocycles. The minimum Gasteiger partial charge on any atom is -0.384 e. The molecule has 5 heteroatoms. The second-order valence-electron chi connectivity index (χ2n) is 5.84. The van der Waals surface area contributed by atoms with Gasteiger partial charge in [-0.3, -0.25) is 4.79 Å². The average Bonchev–Trinajstić information content (AvgIpc) is 2.37. The molecule has 1 amide bonds. The number of carbonyl (C=O) groups is 1. The first kappa shape index (κ1) is 14.8. The van der Waals surface area contributed by atoms with E-state index in [9.17, 15) is 4.79 Å². The van der Waals surface area contributed by atoms with Crippen molar-refractivity contribution in [3.8, 4) is 0 Å². The molecule has 1 aromatic rings. The van der Waals surface area contributed by atoms with Crippen molar-refractivity contribution in [1.82, 2.24) is 9.88 Å². The van der Waals surface area contributed by atoms with Crippen LogP contribution in [0.15, 0.2) is 18.3 Å². The predicted molar refractivity (Wildman–Crippen MR) is 78.9 cm³/mol. The highest BCUT2D eigenvalue weighted by Crippen LogP contribution is 2.22. The topological polar surface area (TPSA) is 54.5 Å². The first-order chi connectivity index (χ1) is 9.41. The smallest absolute Gasteiger partial charge is 0.272 e. The van der Waals surface area contributed by atoms with E-state index < -0.39 is 0 Å². The summed E-state index contributed by atoms with van der Waals surface area (Å²) in [5.41, 5.74) is 1.10. The second-order valence-corrected chi connectivity index (χ2v) is 5.84. The van der Waals surface area contributed by atoms with Crippen molar-refractivity contribution in [2.45, 2.75) is 39.4 Å². The fourth-order valence-corrected chi connectivity index (χ4v) is 2.60. The quantitative estimate of drug-likeness (QED) is 0.920. The first-order valence-corrected chi connectivity index (χ1v) is 7.08. The standard InChI is InChI=1S/C15H23N3O2/c1-5-16-12-6-7-13(17-8-12)14(19)18-9-11(2)20-15(3,4)10-18/h6-8,11,16H,5,9-10H2,1-4H3. The van der Waals surface area contributed by atoms with Crippen LogP contribution in [0.3, 0.4) is 0 Å². The summed E-state index contributed by atoms with van der Waals surface area (Å²) in [5.74, 6) is -0.0312.